The summed E-state index contributed by atoms with van der Waals surface area (Å²) in [4.78, 5) is 12.6. The van der Waals surface area contributed by atoms with Gasteiger partial charge in [0.2, 0.25) is 0 Å². The lowest BCUT2D eigenvalue weighted by molar-refractivity contribution is -0.203. The molecule has 138 valence electrons. The number of carboxylic acid groups (broad SMARTS) is 1. The summed E-state index contributed by atoms with van der Waals surface area (Å²) in [7, 11) is 0. The van der Waals surface area contributed by atoms with Crippen molar-refractivity contribution < 1.29 is 19.4 Å². The van der Waals surface area contributed by atoms with E-state index in [1.165, 1.54) is 0 Å². The summed E-state index contributed by atoms with van der Waals surface area (Å²) < 4.78 is 12.0. The van der Waals surface area contributed by atoms with Gasteiger partial charge < -0.3 is 14.6 Å². The van der Waals surface area contributed by atoms with Crippen molar-refractivity contribution in [1.29, 1.82) is 5.26 Å². The van der Waals surface area contributed by atoms with Crippen molar-refractivity contribution in [3.63, 3.8) is 0 Å². The minimum Gasteiger partial charge on any atom is -0.480 e. The van der Waals surface area contributed by atoms with Crippen molar-refractivity contribution in [2.45, 2.75) is 30.5 Å². The second-order valence-electron chi connectivity index (χ2n) is 7.23. The van der Waals surface area contributed by atoms with E-state index >= 15 is 0 Å². The van der Waals surface area contributed by atoms with E-state index in [0.29, 0.717) is 26.1 Å². The summed E-state index contributed by atoms with van der Waals surface area (Å²) in [5.74, 6) is -3.03. The molecule has 1 spiro atoms. The number of ether oxygens (including phenoxy) is 2. The van der Waals surface area contributed by atoms with Gasteiger partial charge in [0, 0.05) is 24.7 Å². The Morgan fingerprint density at radius 2 is 1.37 bits per heavy atom. The van der Waals surface area contributed by atoms with Gasteiger partial charge in [-0.15, -0.1) is 0 Å². The van der Waals surface area contributed by atoms with Gasteiger partial charge in [0.05, 0.1) is 19.3 Å². The number of carboxylic acids is 1. The molecule has 0 amide bonds. The number of nitriles is 1. The van der Waals surface area contributed by atoms with E-state index in [1.807, 2.05) is 60.7 Å². The van der Waals surface area contributed by atoms with Gasteiger partial charge >= 0.3 is 5.97 Å². The van der Waals surface area contributed by atoms with Gasteiger partial charge in [-0.25, -0.2) is 0 Å². The lowest BCUT2D eigenvalue weighted by Gasteiger charge is -2.48. The lowest BCUT2D eigenvalue weighted by atomic mass is 9.55. The first-order valence-electron chi connectivity index (χ1n) is 9.14. The average molecular weight is 363 g/mol. The van der Waals surface area contributed by atoms with Gasteiger partial charge in [-0.2, -0.15) is 5.26 Å². The van der Waals surface area contributed by atoms with E-state index in [1.54, 1.807) is 0 Å². The van der Waals surface area contributed by atoms with Gasteiger partial charge in [0.15, 0.2) is 11.2 Å². The number of nitrogens with zero attached hydrogens (tertiary/aromatic N) is 1. The zero-order chi connectivity index (χ0) is 18.9. The van der Waals surface area contributed by atoms with Crippen LogP contribution in [0.25, 0.3) is 0 Å². The molecular formula is C22H21NO4. The van der Waals surface area contributed by atoms with Crippen molar-refractivity contribution >= 4 is 5.97 Å². The van der Waals surface area contributed by atoms with E-state index in [0.717, 1.165) is 11.1 Å². The Balaban J connectivity index is 1.91. The van der Waals surface area contributed by atoms with E-state index in [2.05, 4.69) is 6.07 Å². The summed E-state index contributed by atoms with van der Waals surface area (Å²) in [5, 5.41) is 20.5. The van der Waals surface area contributed by atoms with Crippen LogP contribution in [0.1, 0.15) is 35.8 Å². The maximum atomic E-state index is 12.6. The average Bonchev–Trinajstić information content (AvgIpc) is 3.16. The largest absolute Gasteiger partial charge is 0.480 e. The Bertz CT molecular complexity index is 801. The number of carbonyl (C=O) groups is 1. The monoisotopic (exact) mass is 363 g/mol. The van der Waals surface area contributed by atoms with Crippen molar-refractivity contribution in [2.24, 2.45) is 5.41 Å². The highest BCUT2D eigenvalue weighted by atomic mass is 16.7. The van der Waals surface area contributed by atoms with Crippen molar-refractivity contribution in [1.82, 2.24) is 0 Å². The summed E-state index contributed by atoms with van der Waals surface area (Å²) in [5.41, 5.74) is 0.0459. The maximum Gasteiger partial charge on any atom is 0.325 e. The molecule has 1 heterocycles. The molecule has 2 fully saturated rings. The molecule has 2 atom stereocenters. The van der Waals surface area contributed by atoms with Crippen LogP contribution < -0.4 is 0 Å². The van der Waals surface area contributed by atoms with Crippen molar-refractivity contribution in [3.8, 4) is 6.07 Å². The van der Waals surface area contributed by atoms with E-state index in [9.17, 15) is 15.2 Å². The smallest absolute Gasteiger partial charge is 0.325 e. The van der Waals surface area contributed by atoms with Gasteiger partial charge in [-0.1, -0.05) is 60.7 Å². The predicted octanol–water partition coefficient (Wildman–Crippen LogP) is 3.69. The standard InChI is InChI=1S/C22H21NO4/c23-15-22(20(24)25)18(16-7-3-1-4-8-16)13-21(26-11-12-27-21)14-19(22)17-9-5-2-6-10-17/h1-10,18-19H,11-14H2,(H,24,25)/t18-,19-/m1/s1. The first-order chi connectivity index (χ1) is 13.1. The summed E-state index contributed by atoms with van der Waals surface area (Å²) in [6.45, 7) is 0.964. The Kier molecular flexibility index (Phi) is 4.47. The number of rotatable bonds is 3. The molecule has 2 aliphatic rings. The number of benzene rings is 2. The van der Waals surface area contributed by atoms with Crippen LogP contribution in [0.2, 0.25) is 0 Å². The summed E-state index contributed by atoms with van der Waals surface area (Å²) in [6.07, 6.45) is 0.695. The van der Waals surface area contributed by atoms with E-state index in [-0.39, 0.29) is 0 Å². The molecule has 1 N–H and O–H groups in total. The normalized spacial score (nSPS) is 29.3. The molecule has 2 aromatic carbocycles. The van der Waals surface area contributed by atoms with Gasteiger partial charge in [-0.05, 0) is 11.1 Å². The molecule has 4 rings (SSSR count). The van der Waals surface area contributed by atoms with Crippen LogP contribution in [0.4, 0.5) is 0 Å². The fourth-order valence-electron chi connectivity index (χ4n) is 4.64. The Morgan fingerprint density at radius 3 is 1.74 bits per heavy atom. The second-order valence-corrected chi connectivity index (χ2v) is 7.23. The third-order valence-electron chi connectivity index (χ3n) is 5.89. The van der Waals surface area contributed by atoms with Crippen molar-refractivity contribution in [3.05, 3.63) is 71.8 Å². The highest BCUT2D eigenvalue weighted by molar-refractivity contribution is 5.81. The molecule has 0 bridgehead atoms. The lowest BCUT2D eigenvalue weighted by Crippen LogP contribution is -2.52. The van der Waals surface area contributed by atoms with Crippen LogP contribution in [-0.4, -0.2) is 30.1 Å². The zero-order valence-electron chi connectivity index (χ0n) is 14.9. The molecule has 5 heteroatoms. The van der Waals surface area contributed by atoms with Crippen LogP contribution in [-0.2, 0) is 14.3 Å². The molecule has 2 aromatic rings. The topological polar surface area (TPSA) is 79.6 Å². The fraction of sp³-hybridized carbons (Fsp3) is 0.364. The molecule has 1 saturated carbocycles. The zero-order valence-corrected chi connectivity index (χ0v) is 14.9. The predicted molar refractivity (Wildman–Crippen MR) is 97.9 cm³/mol. The third-order valence-corrected chi connectivity index (χ3v) is 5.89. The van der Waals surface area contributed by atoms with E-state index in [4.69, 9.17) is 9.47 Å². The number of aliphatic carboxylic acids is 1. The number of hydrogen-bond donors (Lipinski definition) is 1. The molecule has 0 aromatic heterocycles. The minimum atomic E-state index is -1.59. The Morgan fingerprint density at radius 1 is 0.926 bits per heavy atom. The van der Waals surface area contributed by atoms with Gasteiger partial charge in [-0.3, -0.25) is 4.79 Å². The van der Waals surface area contributed by atoms with Crippen LogP contribution >= 0.6 is 0 Å². The molecule has 5 nitrogen and oxygen atoms in total. The van der Waals surface area contributed by atoms with Crippen LogP contribution in [0.15, 0.2) is 60.7 Å². The molecule has 27 heavy (non-hydrogen) atoms. The number of hydrogen-bond acceptors (Lipinski definition) is 4. The first kappa shape index (κ1) is 17.7. The molecule has 0 radical (unpaired) electrons. The fourth-order valence-corrected chi connectivity index (χ4v) is 4.64. The third kappa shape index (κ3) is 2.82. The van der Waals surface area contributed by atoms with Crippen LogP contribution in [0.3, 0.4) is 0 Å². The molecule has 1 saturated heterocycles. The molecule has 1 aliphatic carbocycles. The highest BCUT2D eigenvalue weighted by Crippen LogP contribution is 2.59. The summed E-state index contributed by atoms with van der Waals surface area (Å²) in [6, 6.07) is 21.0. The molecule has 1 aliphatic heterocycles. The molecule has 0 unspecified atom stereocenters. The first-order valence-corrected chi connectivity index (χ1v) is 9.14. The van der Waals surface area contributed by atoms with Gasteiger partial charge in [0.25, 0.3) is 0 Å². The highest BCUT2D eigenvalue weighted by Gasteiger charge is 2.62. The quantitative estimate of drug-likeness (QED) is 0.900. The Hall–Kier alpha value is -2.68. The molecular weight excluding hydrogens is 342 g/mol. The van der Waals surface area contributed by atoms with Crippen molar-refractivity contribution in [2.75, 3.05) is 13.2 Å². The van der Waals surface area contributed by atoms with E-state index < -0.39 is 29.0 Å². The van der Waals surface area contributed by atoms with Gasteiger partial charge in [0.1, 0.15) is 0 Å². The Labute approximate surface area is 158 Å². The van der Waals surface area contributed by atoms with Crippen LogP contribution in [0, 0.1) is 16.7 Å². The SMILES string of the molecule is N#CC1(C(=O)O)[C@@H](c2ccccc2)CC2(C[C@@H]1c1ccccc1)OCCO2. The second kappa shape index (κ2) is 6.80. The maximum absolute atomic E-state index is 12.6. The summed E-state index contributed by atoms with van der Waals surface area (Å²) >= 11 is 0. The minimum absolute atomic E-state index is 0.347. The van der Waals surface area contributed by atoms with Crippen LogP contribution in [0.5, 0.6) is 0 Å².